The molecule has 1 aromatic carbocycles. The van der Waals surface area contributed by atoms with E-state index in [9.17, 15) is 9.90 Å². The molecule has 8 heteroatoms. The van der Waals surface area contributed by atoms with Crippen molar-refractivity contribution in [2.45, 2.75) is 93.0 Å². The molecule has 8 nitrogen and oxygen atoms in total. The highest BCUT2D eigenvalue weighted by Crippen LogP contribution is 2.30. The minimum absolute atomic E-state index is 0.0192. The van der Waals surface area contributed by atoms with E-state index in [0.717, 1.165) is 24.0 Å². The largest absolute Gasteiger partial charge is 0.506 e. The third-order valence-electron chi connectivity index (χ3n) is 5.37. The Kier molecular flexibility index (Phi) is 18.6. The number of amides is 1. The molecule has 3 rings (SSSR count). The molecule has 0 aliphatic carbocycles. The Bertz CT molecular complexity index is 1010. The number of allylic oxidation sites excluding steroid dienone is 1. The van der Waals surface area contributed by atoms with Gasteiger partial charge in [0.2, 0.25) is 0 Å². The Morgan fingerprint density at radius 2 is 1.92 bits per heavy atom. The normalized spacial score (nSPS) is 12.4. The van der Waals surface area contributed by atoms with Gasteiger partial charge < -0.3 is 20.9 Å². The smallest absolute Gasteiger partial charge is 0.287 e. The highest BCUT2D eigenvalue weighted by molar-refractivity contribution is 6.05. The number of carbonyl (C=O) groups excluding carboxylic acids is 1. The standard InChI is InChI=1S/C19H23N5O3.C7H14.2C2H6/c1-3-4-12(2)24-10-14(9-22-24)13-5-6-17(25)16(7-13)23-18(26)15-8-21-19(20)27-11-15;1-3-5-7-6-4-2;2*1-2/h5-7,9-12,25H,3-4,8H2,1-2H3,(H2,20,21)(H,23,26);3H,1,4-7H2,2H3;2*1-2H3. The number of aromatic hydroxyl groups is 1. The first-order valence-electron chi connectivity index (χ1n) is 13.8. The van der Waals surface area contributed by atoms with E-state index in [1.165, 1.54) is 31.9 Å². The summed E-state index contributed by atoms with van der Waals surface area (Å²) in [6.45, 7) is 18.2. The maximum Gasteiger partial charge on any atom is 0.287 e. The van der Waals surface area contributed by atoms with Crippen LogP contribution >= 0.6 is 0 Å². The number of anilines is 1. The second kappa shape index (κ2) is 20.5. The van der Waals surface area contributed by atoms with Crippen molar-refractivity contribution >= 4 is 17.6 Å². The molecule has 0 saturated carbocycles. The number of nitrogens with one attached hydrogen (secondary N) is 1. The van der Waals surface area contributed by atoms with Crippen LogP contribution < -0.4 is 11.1 Å². The Hall–Kier alpha value is -3.55. The van der Waals surface area contributed by atoms with Gasteiger partial charge in [0.05, 0.1) is 24.0 Å². The summed E-state index contributed by atoms with van der Waals surface area (Å²) < 4.78 is 6.88. The number of aromatic nitrogens is 2. The highest BCUT2D eigenvalue weighted by Gasteiger charge is 2.16. The summed E-state index contributed by atoms with van der Waals surface area (Å²) >= 11 is 0. The Morgan fingerprint density at radius 3 is 2.50 bits per heavy atom. The SMILES string of the molecule is C=CCCCCC.CC.CC.CCCC(C)n1cc(-c2ccc(O)c(NC(=O)C3=COC(N)=NC3)c2)cn1. The molecule has 38 heavy (non-hydrogen) atoms. The molecule has 212 valence electrons. The van der Waals surface area contributed by atoms with Crippen molar-refractivity contribution in [3.63, 3.8) is 0 Å². The Labute approximate surface area is 229 Å². The third kappa shape index (κ3) is 12.1. The van der Waals surface area contributed by atoms with Crippen molar-refractivity contribution < 1.29 is 14.6 Å². The molecule has 0 spiro atoms. The second-order valence-electron chi connectivity index (χ2n) is 8.23. The molecular weight excluding hydrogens is 478 g/mol. The number of unbranched alkanes of at least 4 members (excludes halogenated alkanes) is 3. The van der Waals surface area contributed by atoms with E-state index in [-0.39, 0.29) is 18.3 Å². The molecule has 0 saturated heterocycles. The van der Waals surface area contributed by atoms with Gasteiger partial charge in [-0.3, -0.25) is 9.48 Å². The van der Waals surface area contributed by atoms with Crippen LogP contribution in [0, 0.1) is 0 Å². The van der Waals surface area contributed by atoms with E-state index < -0.39 is 5.91 Å². The van der Waals surface area contributed by atoms with Crippen LogP contribution in [0.3, 0.4) is 0 Å². The zero-order chi connectivity index (χ0) is 28.9. The van der Waals surface area contributed by atoms with Crippen LogP contribution in [0.1, 0.15) is 93.0 Å². The summed E-state index contributed by atoms with van der Waals surface area (Å²) in [4.78, 5) is 16.2. The summed E-state index contributed by atoms with van der Waals surface area (Å²) in [6, 6.07) is 5.36. The van der Waals surface area contributed by atoms with Crippen molar-refractivity contribution in [1.82, 2.24) is 9.78 Å². The molecule has 4 N–H and O–H groups in total. The summed E-state index contributed by atoms with van der Waals surface area (Å²) in [5.41, 5.74) is 7.77. The zero-order valence-corrected chi connectivity index (χ0v) is 24.5. The lowest BCUT2D eigenvalue weighted by atomic mass is 10.1. The fraction of sp³-hybridized carbons (Fsp3) is 0.500. The van der Waals surface area contributed by atoms with Gasteiger partial charge in [-0.15, -0.1) is 6.58 Å². The van der Waals surface area contributed by atoms with E-state index in [1.54, 1.807) is 24.4 Å². The number of phenols is 1. The number of carbonyl (C=O) groups is 1. The zero-order valence-electron chi connectivity index (χ0n) is 24.5. The first-order chi connectivity index (χ1) is 18.4. The molecule has 2 heterocycles. The first kappa shape index (κ1) is 34.5. The number of amidine groups is 1. The maximum absolute atomic E-state index is 12.3. The quantitative estimate of drug-likeness (QED) is 0.167. The topological polar surface area (TPSA) is 115 Å². The van der Waals surface area contributed by atoms with Crippen LogP contribution in [0.15, 0.2) is 60.1 Å². The predicted octanol–water partition coefficient (Wildman–Crippen LogP) is 7.59. The minimum Gasteiger partial charge on any atom is -0.506 e. The number of nitrogens with two attached hydrogens (primary N) is 1. The lowest BCUT2D eigenvalue weighted by molar-refractivity contribution is -0.113. The summed E-state index contributed by atoms with van der Waals surface area (Å²) in [6.07, 6.45) is 14.3. The van der Waals surface area contributed by atoms with Gasteiger partial charge >= 0.3 is 0 Å². The lowest BCUT2D eigenvalue weighted by Crippen LogP contribution is -2.23. The van der Waals surface area contributed by atoms with Crippen LogP contribution in [0.2, 0.25) is 0 Å². The molecule has 0 bridgehead atoms. The van der Waals surface area contributed by atoms with Crippen LogP contribution in [-0.4, -0.2) is 33.4 Å². The first-order valence-corrected chi connectivity index (χ1v) is 13.8. The van der Waals surface area contributed by atoms with E-state index >= 15 is 0 Å². The molecule has 1 atom stereocenters. The van der Waals surface area contributed by atoms with Crippen LogP contribution in [-0.2, 0) is 9.53 Å². The molecule has 1 aliphatic heterocycles. The van der Waals surface area contributed by atoms with Crippen molar-refractivity contribution in [2.24, 2.45) is 10.7 Å². The number of hydrogen-bond donors (Lipinski definition) is 3. The Morgan fingerprint density at radius 1 is 1.21 bits per heavy atom. The summed E-state index contributed by atoms with van der Waals surface area (Å²) in [5, 5.41) is 17.2. The number of hydrogen-bond acceptors (Lipinski definition) is 6. The third-order valence-corrected chi connectivity index (χ3v) is 5.37. The maximum atomic E-state index is 12.3. The van der Waals surface area contributed by atoms with Crippen LogP contribution in [0.5, 0.6) is 5.75 Å². The van der Waals surface area contributed by atoms with Gasteiger partial charge in [-0.25, -0.2) is 4.99 Å². The average molecular weight is 528 g/mol. The van der Waals surface area contributed by atoms with Gasteiger partial charge in [-0.1, -0.05) is 72.9 Å². The monoisotopic (exact) mass is 527 g/mol. The molecular formula is C30H49N5O3. The molecule has 1 unspecified atom stereocenters. The van der Waals surface area contributed by atoms with Crippen molar-refractivity contribution in [1.29, 1.82) is 0 Å². The van der Waals surface area contributed by atoms with Gasteiger partial charge in [0.25, 0.3) is 11.9 Å². The highest BCUT2D eigenvalue weighted by atomic mass is 16.5. The number of nitrogens with zero attached hydrogens (tertiary/aromatic N) is 3. The molecule has 1 amide bonds. The molecule has 2 aromatic rings. The van der Waals surface area contributed by atoms with Gasteiger partial charge in [0, 0.05) is 17.8 Å². The molecule has 0 radical (unpaired) electrons. The van der Waals surface area contributed by atoms with Crippen molar-refractivity contribution in [3.8, 4) is 16.9 Å². The van der Waals surface area contributed by atoms with Crippen molar-refractivity contribution in [2.75, 3.05) is 11.9 Å². The van der Waals surface area contributed by atoms with Gasteiger partial charge in [0.1, 0.15) is 12.0 Å². The average Bonchev–Trinajstić information content (AvgIpc) is 3.44. The van der Waals surface area contributed by atoms with Crippen molar-refractivity contribution in [3.05, 3.63) is 55.1 Å². The van der Waals surface area contributed by atoms with Gasteiger partial charge in [-0.05, 0) is 43.9 Å². The summed E-state index contributed by atoms with van der Waals surface area (Å²) in [5.74, 6) is -0.440. The molecule has 1 aromatic heterocycles. The van der Waals surface area contributed by atoms with Crippen LogP contribution in [0.25, 0.3) is 11.1 Å². The van der Waals surface area contributed by atoms with E-state index in [4.69, 9.17) is 10.5 Å². The lowest BCUT2D eigenvalue weighted by Gasteiger charge is -2.13. The minimum atomic E-state index is -0.411. The number of ether oxygens (including phenoxy) is 1. The fourth-order valence-electron chi connectivity index (χ4n) is 3.33. The molecule has 1 aliphatic rings. The van der Waals surface area contributed by atoms with E-state index in [0.29, 0.717) is 17.3 Å². The second-order valence-corrected chi connectivity index (χ2v) is 8.23. The number of rotatable bonds is 10. The van der Waals surface area contributed by atoms with Crippen LogP contribution in [0.4, 0.5) is 5.69 Å². The summed E-state index contributed by atoms with van der Waals surface area (Å²) in [7, 11) is 0. The molecule has 0 fully saturated rings. The van der Waals surface area contributed by atoms with E-state index in [2.05, 4.69) is 42.8 Å². The fourth-order valence-corrected chi connectivity index (χ4v) is 3.33. The predicted molar refractivity (Wildman–Crippen MR) is 160 cm³/mol. The number of aliphatic imine (C=N–C) groups is 1. The Balaban J connectivity index is 0.00000107. The van der Waals surface area contributed by atoms with E-state index in [1.807, 2.05) is 44.6 Å². The van der Waals surface area contributed by atoms with Gasteiger partial charge in [-0.2, -0.15) is 5.10 Å². The number of benzene rings is 1. The van der Waals surface area contributed by atoms with Gasteiger partial charge in [0.15, 0.2) is 0 Å². The number of phenolic OH excluding ortho intramolecular Hbond substituents is 1.